The quantitative estimate of drug-likeness (QED) is 0.358. The smallest absolute Gasteiger partial charge is 0.310 e. The Morgan fingerprint density at radius 1 is 0.939 bits per heavy atom. The molecular formula is C27H24FN3OS. The number of nitrogens with one attached hydrogen (secondary N) is 1. The van der Waals surface area contributed by atoms with Gasteiger partial charge in [0.05, 0.1) is 24.0 Å². The molecule has 6 heteroatoms. The highest BCUT2D eigenvalue weighted by molar-refractivity contribution is 7.15. The summed E-state index contributed by atoms with van der Waals surface area (Å²) in [5.41, 5.74) is 4.90. The minimum Gasteiger partial charge on any atom is -0.310 e. The van der Waals surface area contributed by atoms with Crippen molar-refractivity contribution in [2.24, 2.45) is 0 Å². The molecular weight excluding hydrogens is 433 g/mol. The molecule has 0 spiro atoms. The molecule has 6 rings (SSSR count). The Balaban J connectivity index is 1.50. The zero-order valence-electron chi connectivity index (χ0n) is 18.1. The van der Waals surface area contributed by atoms with Crippen molar-refractivity contribution in [2.45, 2.75) is 38.3 Å². The van der Waals surface area contributed by atoms with Crippen LogP contribution in [0, 0.1) is 5.82 Å². The number of fused-ring (bicyclic) bond motifs is 5. The van der Waals surface area contributed by atoms with Crippen LogP contribution in [0.4, 0.5) is 14.9 Å². The summed E-state index contributed by atoms with van der Waals surface area (Å²) in [5, 5.41) is 4.05. The molecule has 2 amide bonds. The summed E-state index contributed by atoms with van der Waals surface area (Å²) in [4.78, 5) is 17.0. The number of rotatable bonds is 2. The third kappa shape index (κ3) is 3.45. The van der Waals surface area contributed by atoms with Crippen molar-refractivity contribution in [1.29, 1.82) is 0 Å². The van der Waals surface area contributed by atoms with Gasteiger partial charge in [0.15, 0.2) is 0 Å². The number of nitrogens with zero attached hydrogens (tertiary/aromatic N) is 2. The molecule has 33 heavy (non-hydrogen) atoms. The average Bonchev–Trinajstić information content (AvgIpc) is 3.43. The van der Waals surface area contributed by atoms with Crippen molar-refractivity contribution in [3.63, 3.8) is 0 Å². The Bertz CT molecular complexity index is 1330. The van der Waals surface area contributed by atoms with E-state index in [4.69, 9.17) is 0 Å². The van der Waals surface area contributed by atoms with E-state index in [9.17, 15) is 9.18 Å². The molecule has 1 aliphatic carbocycles. The molecule has 0 unspecified atom stereocenters. The number of halogens is 1. The molecule has 2 aliphatic rings. The molecule has 0 radical (unpaired) electrons. The molecule has 4 nitrogen and oxygen atoms in total. The van der Waals surface area contributed by atoms with Crippen molar-refractivity contribution < 1.29 is 9.18 Å². The van der Waals surface area contributed by atoms with E-state index >= 15 is 0 Å². The average molecular weight is 458 g/mol. The lowest BCUT2D eigenvalue weighted by Gasteiger charge is -2.31. The van der Waals surface area contributed by atoms with E-state index in [1.165, 1.54) is 39.9 Å². The predicted octanol–water partition coefficient (Wildman–Crippen LogP) is 6.69. The summed E-state index contributed by atoms with van der Waals surface area (Å²) in [6, 6.07) is 20.0. The normalized spacial score (nSPS) is 17.0. The number of aryl methyl sites for hydroxylation is 1. The molecule has 2 aromatic heterocycles. The zero-order valence-corrected chi connectivity index (χ0v) is 18.9. The van der Waals surface area contributed by atoms with Crippen molar-refractivity contribution >= 4 is 23.1 Å². The van der Waals surface area contributed by atoms with Crippen LogP contribution >= 0.6 is 11.3 Å². The first kappa shape index (κ1) is 20.2. The van der Waals surface area contributed by atoms with Gasteiger partial charge in [-0.15, -0.1) is 11.3 Å². The number of hydrogen-bond acceptors (Lipinski definition) is 2. The third-order valence-corrected chi connectivity index (χ3v) is 8.00. The van der Waals surface area contributed by atoms with Crippen molar-refractivity contribution in [1.82, 2.24) is 9.47 Å². The van der Waals surface area contributed by atoms with Crippen molar-refractivity contribution in [3.05, 3.63) is 106 Å². The van der Waals surface area contributed by atoms with Gasteiger partial charge in [-0.25, -0.2) is 9.18 Å². The van der Waals surface area contributed by atoms with Crippen LogP contribution in [0.5, 0.6) is 0 Å². The van der Waals surface area contributed by atoms with Crippen LogP contribution in [-0.4, -0.2) is 15.5 Å². The SMILES string of the molecule is O=C(Nc1ccccc1F)N1Cc2c(sc3c2CCCC3)-n2cccc2[C@@H]1c1ccccc1. The Labute approximate surface area is 196 Å². The number of para-hydroxylation sites is 1. The monoisotopic (exact) mass is 457 g/mol. The number of hydrogen-bond donors (Lipinski definition) is 1. The first-order chi connectivity index (χ1) is 16.2. The maximum atomic E-state index is 14.4. The van der Waals surface area contributed by atoms with Gasteiger partial charge >= 0.3 is 6.03 Å². The third-order valence-electron chi connectivity index (χ3n) is 6.67. The number of anilines is 1. The van der Waals surface area contributed by atoms with Crippen LogP contribution in [0.2, 0.25) is 0 Å². The summed E-state index contributed by atoms with van der Waals surface area (Å²) in [5.74, 6) is -0.436. The van der Waals surface area contributed by atoms with Crippen molar-refractivity contribution in [2.75, 3.05) is 5.32 Å². The van der Waals surface area contributed by atoms with Gasteiger partial charge in [0, 0.05) is 16.6 Å². The van der Waals surface area contributed by atoms with E-state index in [0.717, 1.165) is 24.1 Å². The second kappa shape index (κ2) is 8.19. The van der Waals surface area contributed by atoms with Gasteiger partial charge < -0.3 is 14.8 Å². The second-order valence-corrected chi connectivity index (χ2v) is 9.73. The fourth-order valence-corrected chi connectivity index (χ4v) is 6.53. The van der Waals surface area contributed by atoms with Gasteiger partial charge in [-0.1, -0.05) is 42.5 Å². The van der Waals surface area contributed by atoms with Gasteiger partial charge in [0.2, 0.25) is 0 Å². The summed E-state index contributed by atoms with van der Waals surface area (Å²) >= 11 is 1.86. The number of amides is 2. The molecule has 0 saturated carbocycles. The summed E-state index contributed by atoms with van der Waals surface area (Å²) < 4.78 is 16.6. The zero-order chi connectivity index (χ0) is 22.4. The highest BCUT2D eigenvalue weighted by atomic mass is 32.1. The Morgan fingerprint density at radius 2 is 1.73 bits per heavy atom. The molecule has 3 heterocycles. The van der Waals surface area contributed by atoms with Gasteiger partial charge in [0.1, 0.15) is 10.8 Å². The highest BCUT2D eigenvalue weighted by Gasteiger charge is 2.36. The number of aromatic nitrogens is 1. The number of carbonyl (C=O) groups is 1. The predicted molar refractivity (Wildman–Crippen MR) is 130 cm³/mol. The molecule has 1 aliphatic heterocycles. The van der Waals surface area contributed by atoms with Crippen LogP contribution in [0.3, 0.4) is 0 Å². The fourth-order valence-electron chi connectivity index (χ4n) is 5.12. The Kier molecular flexibility index (Phi) is 5.03. The fraction of sp³-hybridized carbons (Fsp3) is 0.222. The lowest BCUT2D eigenvalue weighted by Crippen LogP contribution is -2.38. The molecule has 0 saturated heterocycles. The van der Waals surface area contributed by atoms with Gasteiger partial charge in [0.25, 0.3) is 0 Å². The minimum absolute atomic E-state index is 0.196. The number of thiophene rings is 1. The van der Waals surface area contributed by atoms with E-state index in [1.807, 2.05) is 40.5 Å². The molecule has 2 aromatic carbocycles. The van der Waals surface area contributed by atoms with E-state index in [-0.39, 0.29) is 17.8 Å². The van der Waals surface area contributed by atoms with Gasteiger partial charge in [-0.2, -0.15) is 0 Å². The van der Waals surface area contributed by atoms with E-state index in [2.05, 4.69) is 34.3 Å². The van der Waals surface area contributed by atoms with Crippen LogP contribution in [-0.2, 0) is 19.4 Å². The molecule has 0 fully saturated rings. The first-order valence-electron chi connectivity index (χ1n) is 11.4. The topological polar surface area (TPSA) is 37.3 Å². The van der Waals surface area contributed by atoms with Crippen LogP contribution in [0.1, 0.15) is 46.1 Å². The van der Waals surface area contributed by atoms with Crippen LogP contribution in [0.25, 0.3) is 5.00 Å². The van der Waals surface area contributed by atoms with E-state index in [1.54, 1.807) is 18.2 Å². The standard InChI is InChI=1S/C27H24FN3OS/c28-21-12-5-6-13-22(21)29-27(32)31-17-20-19-11-4-7-15-24(19)33-26(20)30-16-8-14-23(30)25(31)18-9-2-1-3-10-18/h1-3,5-6,8-10,12-14,16,25H,4,7,11,15,17H2,(H,29,32)/t25-/m0/s1. The van der Waals surface area contributed by atoms with E-state index < -0.39 is 5.82 Å². The second-order valence-electron chi connectivity index (χ2n) is 8.65. The van der Waals surface area contributed by atoms with Crippen LogP contribution in [0.15, 0.2) is 72.9 Å². The summed E-state index contributed by atoms with van der Waals surface area (Å²) in [6.07, 6.45) is 6.65. The van der Waals surface area contributed by atoms with E-state index in [0.29, 0.717) is 6.54 Å². The maximum Gasteiger partial charge on any atom is 0.323 e. The van der Waals surface area contributed by atoms with Gasteiger partial charge in [-0.3, -0.25) is 0 Å². The maximum absolute atomic E-state index is 14.4. The first-order valence-corrected chi connectivity index (χ1v) is 12.2. The molecule has 0 bridgehead atoms. The summed E-state index contributed by atoms with van der Waals surface area (Å²) in [7, 11) is 0. The number of carbonyl (C=O) groups excluding carboxylic acids is 1. The lowest BCUT2D eigenvalue weighted by atomic mass is 9.95. The lowest BCUT2D eigenvalue weighted by molar-refractivity contribution is 0.194. The number of urea groups is 1. The summed E-state index contributed by atoms with van der Waals surface area (Å²) in [6.45, 7) is 0.489. The molecule has 4 aromatic rings. The molecule has 1 atom stereocenters. The van der Waals surface area contributed by atoms with Gasteiger partial charge in [-0.05, 0) is 61.1 Å². The number of benzene rings is 2. The van der Waals surface area contributed by atoms with Crippen LogP contribution < -0.4 is 5.32 Å². The Hall–Kier alpha value is -3.38. The van der Waals surface area contributed by atoms with Crippen molar-refractivity contribution in [3.8, 4) is 5.00 Å². The highest BCUT2D eigenvalue weighted by Crippen LogP contribution is 2.44. The largest absolute Gasteiger partial charge is 0.323 e. The Morgan fingerprint density at radius 3 is 2.58 bits per heavy atom. The molecule has 166 valence electrons. The minimum atomic E-state index is -0.436. The molecule has 1 N–H and O–H groups in total.